The number of anilines is 2. The van der Waals surface area contributed by atoms with Crippen LogP contribution in [0.3, 0.4) is 0 Å². The number of benzene rings is 3. The van der Waals surface area contributed by atoms with Gasteiger partial charge in [0.2, 0.25) is 0 Å². The largest absolute Gasteiger partial charge is 0.494 e. The molecule has 0 heterocycles. The number of nitrogens with one attached hydrogen (secondary N) is 1. The Bertz CT molecular complexity index is 944. The van der Waals surface area contributed by atoms with Crippen molar-refractivity contribution in [1.29, 1.82) is 0 Å². The van der Waals surface area contributed by atoms with E-state index in [4.69, 9.17) is 22.1 Å². The molecular formula is C18H14BrClN2O2. The van der Waals surface area contributed by atoms with E-state index >= 15 is 0 Å². The monoisotopic (exact) mass is 404 g/mol. The van der Waals surface area contributed by atoms with Gasteiger partial charge in [-0.3, -0.25) is 4.79 Å². The molecule has 0 aliphatic rings. The Labute approximate surface area is 152 Å². The molecule has 3 N–H and O–H groups in total. The van der Waals surface area contributed by atoms with Gasteiger partial charge in [0, 0.05) is 21.8 Å². The molecule has 3 aromatic rings. The Morgan fingerprint density at radius 2 is 1.88 bits per heavy atom. The number of nitrogen functional groups attached to an aromatic ring is 1. The number of amides is 1. The van der Waals surface area contributed by atoms with Gasteiger partial charge >= 0.3 is 0 Å². The summed E-state index contributed by atoms with van der Waals surface area (Å²) in [6.07, 6.45) is 0. The Kier molecular flexibility index (Phi) is 4.64. The first-order valence-electron chi connectivity index (χ1n) is 7.13. The van der Waals surface area contributed by atoms with Crippen LogP contribution in [-0.4, -0.2) is 13.0 Å². The SMILES string of the molecule is COc1cc(N)cc(Cl)c1NC(=O)c1cccc2c(Br)cccc12. The zero-order valence-corrected chi connectivity index (χ0v) is 15.1. The number of nitrogens with two attached hydrogens (primary N) is 1. The van der Waals surface area contributed by atoms with E-state index in [-0.39, 0.29) is 5.91 Å². The van der Waals surface area contributed by atoms with Gasteiger partial charge in [0.1, 0.15) is 11.4 Å². The van der Waals surface area contributed by atoms with Crippen molar-refractivity contribution in [3.63, 3.8) is 0 Å². The van der Waals surface area contributed by atoms with Crippen LogP contribution in [0, 0.1) is 0 Å². The Balaban J connectivity index is 2.05. The maximum Gasteiger partial charge on any atom is 0.256 e. The third-order valence-electron chi connectivity index (χ3n) is 3.65. The molecule has 3 aromatic carbocycles. The van der Waals surface area contributed by atoms with E-state index in [0.717, 1.165) is 15.2 Å². The third kappa shape index (κ3) is 3.05. The molecule has 0 unspecified atom stereocenters. The Hall–Kier alpha value is -2.24. The first kappa shape index (κ1) is 16.6. The molecule has 6 heteroatoms. The highest BCUT2D eigenvalue weighted by Crippen LogP contribution is 2.36. The number of fused-ring (bicyclic) bond motifs is 1. The highest BCUT2D eigenvalue weighted by Gasteiger charge is 2.16. The lowest BCUT2D eigenvalue weighted by Crippen LogP contribution is -2.13. The zero-order chi connectivity index (χ0) is 17.3. The maximum absolute atomic E-state index is 12.8. The van der Waals surface area contributed by atoms with Crippen molar-refractivity contribution < 1.29 is 9.53 Å². The fourth-order valence-corrected chi connectivity index (χ4v) is 3.30. The van der Waals surface area contributed by atoms with Crippen molar-refractivity contribution in [3.05, 3.63) is 63.6 Å². The van der Waals surface area contributed by atoms with E-state index < -0.39 is 0 Å². The fourth-order valence-electron chi connectivity index (χ4n) is 2.53. The molecule has 122 valence electrons. The maximum atomic E-state index is 12.8. The lowest BCUT2D eigenvalue weighted by atomic mass is 10.0. The standard InChI is InChI=1S/C18H14BrClN2O2/c1-24-16-9-10(21)8-15(20)17(16)22-18(23)13-6-2-5-12-11(13)4-3-7-14(12)19/h2-9H,21H2,1H3,(H,22,23). The van der Waals surface area contributed by atoms with Gasteiger partial charge in [-0.2, -0.15) is 0 Å². The highest BCUT2D eigenvalue weighted by molar-refractivity contribution is 9.10. The second-order valence-corrected chi connectivity index (χ2v) is 6.44. The van der Waals surface area contributed by atoms with Crippen molar-refractivity contribution in [2.45, 2.75) is 0 Å². The number of halogens is 2. The van der Waals surface area contributed by atoms with Gasteiger partial charge in [-0.1, -0.05) is 51.8 Å². The molecule has 0 radical (unpaired) electrons. The van der Waals surface area contributed by atoms with E-state index in [9.17, 15) is 4.79 Å². The van der Waals surface area contributed by atoms with Crippen LogP contribution < -0.4 is 15.8 Å². The lowest BCUT2D eigenvalue weighted by molar-refractivity contribution is 0.102. The molecule has 0 aromatic heterocycles. The highest BCUT2D eigenvalue weighted by atomic mass is 79.9. The molecule has 3 rings (SSSR count). The topological polar surface area (TPSA) is 64.3 Å². The van der Waals surface area contributed by atoms with E-state index in [0.29, 0.717) is 27.7 Å². The van der Waals surface area contributed by atoms with Crippen LogP contribution >= 0.6 is 27.5 Å². The van der Waals surface area contributed by atoms with Gasteiger partial charge < -0.3 is 15.8 Å². The summed E-state index contributed by atoms with van der Waals surface area (Å²) in [7, 11) is 1.50. The van der Waals surface area contributed by atoms with Gasteiger partial charge in [0.05, 0.1) is 12.1 Å². The van der Waals surface area contributed by atoms with E-state index in [1.54, 1.807) is 18.2 Å². The number of carbonyl (C=O) groups is 1. The van der Waals surface area contributed by atoms with Crippen molar-refractivity contribution in [2.24, 2.45) is 0 Å². The molecule has 0 bridgehead atoms. The summed E-state index contributed by atoms with van der Waals surface area (Å²) in [5.41, 5.74) is 7.16. The summed E-state index contributed by atoms with van der Waals surface area (Å²) >= 11 is 9.71. The molecule has 0 saturated heterocycles. The average molecular weight is 406 g/mol. The van der Waals surface area contributed by atoms with Crippen LogP contribution in [0.4, 0.5) is 11.4 Å². The molecule has 0 fully saturated rings. The van der Waals surface area contributed by atoms with Gasteiger partial charge in [0.25, 0.3) is 5.91 Å². The van der Waals surface area contributed by atoms with E-state index in [1.807, 2.05) is 30.3 Å². The van der Waals surface area contributed by atoms with Crippen LogP contribution in [0.25, 0.3) is 10.8 Å². The van der Waals surface area contributed by atoms with Crippen LogP contribution in [0.15, 0.2) is 53.0 Å². The average Bonchev–Trinajstić information content (AvgIpc) is 2.56. The van der Waals surface area contributed by atoms with Crippen molar-refractivity contribution in [2.75, 3.05) is 18.2 Å². The number of hydrogen-bond acceptors (Lipinski definition) is 3. The number of ether oxygens (including phenoxy) is 1. The van der Waals surface area contributed by atoms with Crippen molar-refractivity contribution in [1.82, 2.24) is 0 Å². The van der Waals surface area contributed by atoms with E-state index in [1.165, 1.54) is 7.11 Å². The van der Waals surface area contributed by atoms with Crippen LogP contribution in [0.2, 0.25) is 5.02 Å². The van der Waals surface area contributed by atoms with Crippen molar-refractivity contribution in [3.8, 4) is 5.75 Å². The third-order valence-corrected chi connectivity index (χ3v) is 4.64. The summed E-state index contributed by atoms with van der Waals surface area (Å²) in [5, 5.41) is 4.94. The molecule has 0 spiro atoms. The number of hydrogen-bond donors (Lipinski definition) is 2. The minimum atomic E-state index is -0.274. The molecule has 0 aliphatic heterocycles. The second kappa shape index (κ2) is 6.71. The summed E-state index contributed by atoms with van der Waals surface area (Å²) in [6.45, 7) is 0. The molecule has 24 heavy (non-hydrogen) atoms. The molecular weight excluding hydrogens is 392 g/mol. The molecule has 0 aliphatic carbocycles. The number of methoxy groups -OCH3 is 1. The van der Waals surface area contributed by atoms with Gasteiger partial charge in [-0.25, -0.2) is 0 Å². The quantitative estimate of drug-likeness (QED) is 0.596. The normalized spacial score (nSPS) is 10.6. The van der Waals surface area contributed by atoms with Crippen LogP contribution in [0.5, 0.6) is 5.75 Å². The lowest BCUT2D eigenvalue weighted by Gasteiger charge is -2.14. The minimum Gasteiger partial charge on any atom is -0.494 e. The number of carbonyl (C=O) groups excluding carboxylic acids is 1. The molecule has 4 nitrogen and oxygen atoms in total. The van der Waals surface area contributed by atoms with Crippen LogP contribution in [0.1, 0.15) is 10.4 Å². The molecule has 1 amide bonds. The van der Waals surface area contributed by atoms with E-state index in [2.05, 4.69) is 21.2 Å². The Morgan fingerprint density at radius 3 is 2.62 bits per heavy atom. The summed E-state index contributed by atoms with van der Waals surface area (Å²) < 4.78 is 6.19. The molecule has 0 saturated carbocycles. The van der Waals surface area contributed by atoms with Gasteiger partial charge in [-0.15, -0.1) is 0 Å². The summed E-state index contributed by atoms with van der Waals surface area (Å²) in [4.78, 5) is 12.8. The van der Waals surface area contributed by atoms with Gasteiger partial charge in [0.15, 0.2) is 0 Å². The summed E-state index contributed by atoms with van der Waals surface area (Å²) in [6, 6.07) is 14.5. The van der Waals surface area contributed by atoms with Gasteiger partial charge in [-0.05, 0) is 29.0 Å². The smallest absolute Gasteiger partial charge is 0.256 e. The summed E-state index contributed by atoms with van der Waals surface area (Å²) in [5.74, 6) is 0.137. The number of rotatable bonds is 3. The predicted octanol–water partition coefficient (Wildman–Crippen LogP) is 5.10. The first-order valence-corrected chi connectivity index (χ1v) is 8.30. The van der Waals surface area contributed by atoms with Crippen molar-refractivity contribution >= 4 is 55.6 Å². The second-order valence-electron chi connectivity index (χ2n) is 5.17. The van der Waals surface area contributed by atoms with Crippen LogP contribution in [-0.2, 0) is 0 Å². The predicted molar refractivity (Wildman–Crippen MR) is 102 cm³/mol. The molecule has 0 atom stereocenters. The minimum absolute atomic E-state index is 0.274. The fraction of sp³-hybridized carbons (Fsp3) is 0.0556. The first-order chi connectivity index (χ1) is 11.5. The zero-order valence-electron chi connectivity index (χ0n) is 12.8. The Morgan fingerprint density at radius 1 is 1.17 bits per heavy atom.